The second kappa shape index (κ2) is 33.9. The highest BCUT2D eigenvalue weighted by Crippen LogP contribution is 2.28. The van der Waals surface area contributed by atoms with Crippen LogP contribution in [0.3, 0.4) is 0 Å². The fourth-order valence-corrected chi connectivity index (χ4v) is 7.57. The van der Waals surface area contributed by atoms with Gasteiger partial charge in [0.25, 0.3) is 0 Å². The van der Waals surface area contributed by atoms with Crippen LogP contribution >= 0.6 is 11.3 Å². The molecule has 69 heavy (non-hydrogen) atoms. The topological polar surface area (TPSA) is 292 Å². The third-order valence-corrected chi connectivity index (χ3v) is 11.3. The van der Waals surface area contributed by atoms with E-state index < -0.39 is 46.7 Å². The smallest absolute Gasteiger partial charge is 0.246 e. The molecule has 386 valence electrons. The number of nitrogens with one attached hydrogen (secondary N) is 2. The van der Waals surface area contributed by atoms with Crippen LogP contribution in [0.15, 0.2) is 40.0 Å². The average Bonchev–Trinajstić information content (AvgIpc) is 3.94. The minimum absolute atomic E-state index is 0.0515. The van der Waals surface area contributed by atoms with E-state index in [0.717, 1.165) is 21.7 Å². The summed E-state index contributed by atoms with van der Waals surface area (Å²) in [4.78, 5) is 53.3. The molecule has 3 amide bonds. The molecule has 3 unspecified atom stereocenters. The maximum Gasteiger partial charge on any atom is 0.246 e. The van der Waals surface area contributed by atoms with Crippen molar-refractivity contribution >= 4 is 29.1 Å². The van der Waals surface area contributed by atoms with Crippen molar-refractivity contribution in [3.05, 3.63) is 61.9 Å². The number of thiazole rings is 1. The van der Waals surface area contributed by atoms with Crippen LogP contribution in [0, 0.1) is 17.8 Å². The molecule has 1 aromatic heterocycles. The molecule has 24 heteroatoms. The van der Waals surface area contributed by atoms with Gasteiger partial charge >= 0.3 is 0 Å². The van der Waals surface area contributed by atoms with E-state index in [2.05, 4.69) is 35.7 Å². The number of rotatable bonds is 38. The van der Waals surface area contributed by atoms with Gasteiger partial charge < -0.3 is 63.3 Å². The Morgan fingerprint density at radius 2 is 1.25 bits per heavy atom. The standard InChI is InChI=1S/C45H72N10O13S/c1-34-40(69-33-49-34)36-8-6-35(7-9-36)27-48-42(58)38-26-37(56)28-55(38)43(59)41(44(2,3)4)52-39(57)29-68-32-45(5,30-66-24-22-64-20-18-62-16-14-60-12-10-50-53-46)31-67-25-23-65-21-19-63-17-15-61-13-11-51-54-47/h6-9,33,37-38,41,56H,10-32H2,1-5H3,(H,48,58)(H,52,57). The Morgan fingerprint density at radius 1 is 0.768 bits per heavy atom. The molecule has 2 heterocycles. The third kappa shape index (κ3) is 24.2. The van der Waals surface area contributed by atoms with Crippen molar-refractivity contribution in [2.45, 2.75) is 65.8 Å². The molecule has 2 aromatic rings. The highest BCUT2D eigenvalue weighted by molar-refractivity contribution is 7.13. The molecule has 1 fully saturated rings. The van der Waals surface area contributed by atoms with Gasteiger partial charge in [-0.25, -0.2) is 4.98 Å². The maximum absolute atomic E-state index is 14.2. The molecule has 1 aromatic carbocycles. The van der Waals surface area contributed by atoms with Crippen LogP contribution in [0.1, 0.15) is 45.4 Å². The first-order chi connectivity index (χ1) is 33.3. The van der Waals surface area contributed by atoms with Gasteiger partial charge in [-0.05, 0) is 34.5 Å². The molecular weight excluding hydrogens is 921 g/mol. The molecule has 1 aliphatic heterocycles. The van der Waals surface area contributed by atoms with Gasteiger partial charge in [0.05, 0.1) is 135 Å². The summed E-state index contributed by atoms with van der Waals surface area (Å²) in [5.41, 5.74) is 19.8. The fourth-order valence-electron chi connectivity index (χ4n) is 6.75. The number of aliphatic hydroxyl groups is 1. The normalized spacial score (nSPS) is 16.1. The second-order valence-electron chi connectivity index (χ2n) is 17.4. The number of nitrogens with zero attached hydrogens (tertiary/aromatic N) is 8. The number of ether oxygens (including phenoxy) is 9. The summed E-state index contributed by atoms with van der Waals surface area (Å²) in [6.45, 7) is 14.9. The quantitative estimate of drug-likeness (QED) is 0.0371. The molecule has 0 spiro atoms. The van der Waals surface area contributed by atoms with Crippen LogP contribution in [0.5, 0.6) is 0 Å². The molecule has 3 N–H and O–H groups in total. The minimum atomic E-state index is -1.03. The third-order valence-electron chi connectivity index (χ3n) is 10.3. The van der Waals surface area contributed by atoms with Crippen LogP contribution in [0.25, 0.3) is 31.3 Å². The Kier molecular flexibility index (Phi) is 28.9. The number of aryl methyl sites for hydroxylation is 1. The van der Waals surface area contributed by atoms with Gasteiger partial charge in [-0.1, -0.05) is 62.2 Å². The van der Waals surface area contributed by atoms with E-state index in [9.17, 15) is 19.5 Å². The second-order valence-corrected chi connectivity index (χ2v) is 18.3. The summed E-state index contributed by atoms with van der Waals surface area (Å²) in [6, 6.07) is 5.87. The summed E-state index contributed by atoms with van der Waals surface area (Å²) in [5.74, 6) is -1.41. The van der Waals surface area contributed by atoms with Gasteiger partial charge in [0.15, 0.2) is 0 Å². The Balaban J connectivity index is 1.47. The highest BCUT2D eigenvalue weighted by atomic mass is 32.1. The Labute approximate surface area is 408 Å². The van der Waals surface area contributed by atoms with Crippen molar-refractivity contribution in [3.8, 4) is 10.4 Å². The Hall–Kier alpha value is -4.52. The molecule has 1 saturated heterocycles. The van der Waals surface area contributed by atoms with Crippen molar-refractivity contribution in [2.24, 2.45) is 21.1 Å². The van der Waals surface area contributed by atoms with E-state index in [1.54, 1.807) is 16.8 Å². The zero-order valence-electron chi connectivity index (χ0n) is 40.7. The number of β-amino-alcohol motifs (C(OH)–C–C–N with tert-alkyl or cyclic N) is 1. The predicted octanol–water partition coefficient (Wildman–Crippen LogP) is 4.00. The lowest BCUT2D eigenvalue weighted by atomic mass is 9.85. The summed E-state index contributed by atoms with van der Waals surface area (Å²) in [7, 11) is 0. The molecular formula is C45H72N10O13S. The number of aromatic nitrogens is 1. The van der Waals surface area contributed by atoms with E-state index in [1.165, 1.54) is 4.90 Å². The number of hydrogen-bond donors (Lipinski definition) is 3. The van der Waals surface area contributed by atoms with Crippen molar-refractivity contribution in [3.63, 3.8) is 0 Å². The molecule has 0 saturated carbocycles. The van der Waals surface area contributed by atoms with Gasteiger partial charge in [-0.2, -0.15) is 0 Å². The molecule has 0 aliphatic carbocycles. The van der Waals surface area contributed by atoms with E-state index in [4.69, 9.17) is 53.7 Å². The first-order valence-electron chi connectivity index (χ1n) is 23.0. The van der Waals surface area contributed by atoms with Crippen LogP contribution in [0.4, 0.5) is 0 Å². The number of carbonyl (C=O) groups is 3. The molecule has 0 radical (unpaired) electrons. The first kappa shape index (κ1) is 58.8. The van der Waals surface area contributed by atoms with E-state index in [1.807, 2.05) is 58.9 Å². The van der Waals surface area contributed by atoms with E-state index in [0.29, 0.717) is 79.3 Å². The number of benzene rings is 1. The monoisotopic (exact) mass is 993 g/mol. The summed E-state index contributed by atoms with van der Waals surface area (Å²) in [5, 5.41) is 23.2. The molecule has 3 rings (SSSR count). The van der Waals surface area contributed by atoms with Crippen molar-refractivity contribution in [1.82, 2.24) is 20.5 Å². The van der Waals surface area contributed by atoms with Crippen LogP contribution < -0.4 is 10.6 Å². The molecule has 23 nitrogen and oxygen atoms in total. The van der Waals surface area contributed by atoms with Crippen molar-refractivity contribution < 1.29 is 62.1 Å². The Morgan fingerprint density at radius 3 is 1.71 bits per heavy atom. The zero-order valence-corrected chi connectivity index (χ0v) is 41.5. The van der Waals surface area contributed by atoms with Crippen molar-refractivity contribution in [1.29, 1.82) is 0 Å². The largest absolute Gasteiger partial charge is 0.391 e. The number of carbonyl (C=O) groups excluding carboxylic acids is 3. The van der Waals surface area contributed by atoms with E-state index in [-0.39, 0.29) is 72.2 Å². The minimum Gasteiger partial charge on any atom is -0.391 e. The van der Waals surface area contributed by atoms with Crippen LogP contribution in [-0.2, 0) is 63.6 Å². The fraction of sp³-hybridized carbons (Fsp3) is 0.733. The van der Waals surface area contributed by atoms with Crippen LogP contribution in [0.2, 0.25) is 0 Å². The summed E-state index contributed by atoms with van der Waals surface area (Å²) in [6.07, 6.45) is -0.843. The van der Waals surface area contributed by atoms with Crippen molar-refractivity contribution in [2.75, 3.05) is 139 Å². The number of hydrogen-bond acceptors (Lipinski definition) is 17. The molecule has 0 bridgehead atoms. The summed E-state index contributed by atoms with van der Waals surface area (Å²) < 4.78 is 50.6. The number of azide groups is 2. The SMILES string of the molecule is Cc1ncsc1-c1ccc(CNC(=O)C2CC(O)CN2C(=O)C(NC(=O)COCC(C)(COCCOCCOCCOCCN=[N+]=[N-])COCCOCCOCCOCCN=[N+]=[N-])C(C)(C)C)cc1. The van der Waals surface area contributed by atoms with E-state index >= 15 is 0 Å². The lowest BCUT2D eigenvalue weighted by Gasteiger charge is -2.35. The lowest BCUT2D eigenvalue weighted by molar-refractivity contribution is -0.145. The number of likely N-dealkylation sites (tertiary alicyclic amines) is 1. The lowest BCUT2D eigenvalue weighted by Crippen LogP contribution is -2.58. The van der Waals surface area contributed by atoms with Gasteiger partial charge in [0, 0.05) is 47.8 Å². The summed E-state index contributed by atoms with van der Waals surface area (Å²) >= 11 is 1.56. The van der Waals surface area contributed by atoms with Gasteiger partial charge in [-0.15, -0.1) is 11.3 Å². The van der Waals surface area contributed by atoms with Crippen LogP contribution in [-0.4, -0.2) is 189 Å². The van der Waals surface area contributed by atoms with Gasteiger partial charge in [0.1, 0.15) is 18.7 Å². The predicted molar refractivity (Wildman–Crippen MR) is 255 cm³/mol. The highest BCUT2D eigenvalue weighted by Gasteiger charge is 2.44. The molecule has 1 aliphatic rings. The first-order valence-corrected chi connectivity index (χ1v) is 23.9. The average molecular weight is 993 g/mol. The maximum atomic E-state index is 14.2. The Bertz CT molecular complexity index is 1830. The number of aliphatic hydroxyl groups excluding tert-OH is 1. The zero-order chi connectivity index (χ0) is 50.2. The molecule has 3 atom stereocenters. The van der Waals surface area contributed by atoms with Gasteiger partial charge in [0.2, 0.25) is 17.7 Å². The number of amides is 3. The van der Waals surface area contributed by atoms with Gasteiger partial charge in [-0.3, -0.25) is 14.4 Å².